The highest BCUT2D eigenvalue weighted by atomic mass is 32.1. The van der Waals surface area contributed by atoms with Gasteiger partial charge in [-0.15, -0.1) is 16.4 Å². The van der Waals surface area contributed by atoms with Gasteiger partial charge in [0.2, 0.25) is 0 Å². The molecule has 0 atom stereocenters. The van der Waals surface area contributed by atoms with Crippen LogP contribution in [-0.4, -0.2) is 57.7 Å². The van der Waals surface area contributed by atoms with Gasteiger partial charge in [-0.1, -0.05) is 5.10 Å². The fourth-order valence-electron chi connectivity index (χ4n) is 3.63. The monoisotopic (exact) mass is 467 g/mol. The Morgan fingerprint density at radius 1 is 1.12 bits per heavy atom. The molecule has 0 bridgehead atoms. The van der Waals surface area contributed by atoms with Gasteiger partial charge < -0.3 is 30.2 Å². The number of benzene rings is 1. The van der Waals surface area contributed by atoms with Crippen molar-refractivity contribution in [2.45, 2.75) is 25.3 Å². The fraction of sp³-hybridized carbons (Fsp3) is 0.364. The van der Waals surface area contributed by atoms with E-state index in [1.165, 1.54) is 0 Å². The normalized spacial score (nSPS) is 14.5. The number of aromatic nitrogens is 4. The third kappa shape index (κ3) is 5.21. The first-order chi connectivity index (χ1) is 16.3. The second-order valence-corrected chi connectivity index (χ2v) is 8.61. The summed E-state index contributed by atoms with van der Waals surface area (Å²) in [6.45, 7) is 2.12. The van der Waals surface area contributed by atoms with E-state index in [1.54, 1.807) is 17.5 Å². The van der Waals surface area contributed by atoms with Gasteiger partial charge in [0.25, 0.3) is 5.89 Å². The topological polar surface area (TPSA) is 130 Å². The van der Waals surface area contributed by atoms with Gasteiger partial charge in [0.1, 0.15) is 5.82 Å². The Morgan fingerprint density at radius 2 is 2.03 bits per heavy atom. The van der Waals surface area contributed by atoms with Crippen LogP contribution in [0.2, 0.25) is 0 Å². The molecule has 4 N–H and O–H groups in total. The van der Waals surface area contributed by atoms with Crippen molar-refractivity contribution >= 4 is 44.8 Å². The number of hydrogen-bond acceptors (Lipinski definition) is 11. The minimum Gasteiger partial charge on any atom is -0.403 e. The molecule has 0 amide bonds. The molecular weight excluding hydrogens is 442 g/mol. The number of aliphatic hydroxyl groups excluding tert-OH is 1. The van der Waals surface area contributed by atoms with Crippen LogP contribution in [0.25, 0.3) is 21.7 Å². The van der Waals surface area contributed by atoms with Gasteiger partial charge in [-0.2, -0.15) is 0 Å². The molecule has 33 heavy (non-hydrogen) atoms. The molecule has 0 spiro atoms. The Labute approximate surface area is 194 Å². The molecule has 172 valence electrons. The lowest BCUT2D eigenvalue weighted by Crippen LogP contribution is -2.28. The molecule has 4 heterocycles. The molecule has 4 aromatic rings. The Kier molecular flexibility index (Phi) is 6.61. The highest BCUT2D eigenvalue weighted by Gasteiger charge is 2.19. The number of aliphatic hydroxyl groups is 1. The molecule has 0 unspecified atom stereocenters. The number of nitrogens with zero attached hydrogens (tertiary/aromatic N) is 4. The molecule has 1 aromatic carbocycles. The zero-order chi connectivity index (χ0) is 22.5. The predicted molar refractivity (Wildman–Crippen MR) is 128 cm³/mol. The van der Waals surface area contributed by atoms with Gasteiger partial charge in [-0.05, 0) is 37.5 Å². The van der Waals surface area contributed by atoms with E-state index < -0.39 is 0 Å². The van der Waals surface area contributed by atoms with Crippen LogP contribution in [0.15, 0.2) is 40.4 Å². The van der Waals surface area contributed by atoms with E-state index >= 15 is 0 Å². The predicted octanol–water partition coefficient (Wildman–Crippen LogP) is 3.87. The standard InChI is InChI=1S/C22H25N7O3S/c30-7-1-6-23-22-29-28-21(32-22)16-12-24-20(11-18(16)26-14-4-8-31-9-5-14)27-15-2-3-17-19(10-15)33-13-25-17/h2-3,10-14,30H,1,4-9H2,(H,23,29)(H2,24,26,27). The Balaban J connectivity index is 1.41. The minimum absolute atomic E-state index is 0.0987. The number of ether oxygens (including phenoxy) is 1. The number of hydrogen-bond donors (Lipinski definition) is 4. The summed E-state index contributed by atoms with van der Waals surface area (Å²) in [4.78, 5) is 8.92. The largest absolute Gasteiger partial charge is 0.403 e. The molecule has 1 saturated heterocycles. The van der Waals surface area contributed by atoms with Gasteiger partial charge >= 0.3 is 6.01 Å². The molecular formula is C22H25N7O3S. The maximum atomic E-state index is 8.95. The number of anilines is 4. The lowest BCUT2D eigenvalue weighted by molar-refractivity contribution is 0.0904. The van der Waals surface area contributed by atoms with Crippen molar-refractivity contribution in [3.05, 3.63) is 36.0 Å². The summed E-state index contributed by atoms with van der Waals surface area (Å²) >= 11 is 1.60. The zero-order valence-electron chi connectivity index (χ0n) is 18.0. The van der Waals surface area contributed by atoms with Crippen LogP contribution >= 0.6 is 11.3 Å². The van der Waals surface area contributed by atoms with Crippen molar-refractivity contribution in [2.75, 3.05) is 42.3 Å². The third-order valence-electron chi connectivity index (χ3n) is 5.36. The average molecular weight is 468 g/mol. The number of fused-ring (bicyclic) bond motifs is 1. The van der Waals surface area contributed by atoms with Gasteiger partial charge in [-0.3, -0.25) is 0 Å². The third-order valence-corrected chi connectivity index (χ3v) is 6.15. The first-order valence-electron chi connectivity index (χ1n) is 10.9. The van der Waals surface area contributed by atoms with Gasteiger partial charge in [0, 0.05) is 50.4 Å². The summed E-state index contributed by atoms with van der Waals surface area (Å²) in [5.74, 6) is 1.08. The van der Waals surface area contributed by atoms with Crippen molar-refractivity contribution in [2.24, 2.45) is 0 Å². The summed E-state index contributed by atoms with van der Waals surface area (Å²) in [6, 6.07) is 8.61. The summed E-state index contributed by atoms with van der Waals surface area (Å²) in [7, 11) is 0. The van der Waals surface area contributed by atoms with Crippen molar-refractivity contribution in [3.63, 3.8) is 0 Å². The maximum absolute atomic E-state index is 8.95. The van der Waals surface area contributed by atoms with Crippen molar-refractivity contribution in [3.8, 4) is 11.5 Å². The summed E-state index contributed by atoms with van der Waals surface area (Å²) < 4.78 is 12.4. The smallest absolute Gasteiger partial charge is 0.315 e. The second kappa shape index (κ2) is 10.1. The minimum atomic E-state index is 0.0987. The Hall–Kier alpha value is -3.28. The van der Waals surface area contributed by atoms with E-state index in [-0.39, 0.29) is 12.6 Å². The summed E-state index contributed by atoms with van der Waals surface area (Å²) in [5.41, 5.74) is 5.36. The van der Waals surface area contributed by atoms with E-state index in [0.717, 1.165) is 53.2 Å². The van der Waals surface area contributed by atoms with E-state index in [4.69, 9.17) is 14.3 Å². The van der Waals surface area contributed by atoms with Crippen LogP contribution in [0.4, 0.5) is 23.2 Å². The first-order valence-corrected chi connectivity index (χ1v) is 11.8. The first kappa shape index (κ1) is 21.6. The Morgan fingerprint density at radius 3 is 2.91 bits per heavy atom. The quantitative estimate of drug-likeness (QED) is 0.269. The fourth-order valence-corrected chi connectivity index (χ4v) is 4.35. The van der Waals surface area contributed by atoms with Crippen molar-refractivity contribution in [1.29, 1.82) is 0 Å². The van der Waals surface area contributed by atoms with Crippen LogP contribution in [0, 0.1) is 0 Å². The molecule has 0 saturated carbocycles. The molecule has 11 heteroatoms. The molecule has 1 aliphatic heterocycles. The second-order valence-electron chi connectivity index (χ2n) is 7.72. The number of thiazole rings is 1. The molecule has 0 aliphatic carbocycles. The van der Waals surface area contributed by atoms with Crippen molar-refractivity contribution in [1.82, 2.24) is 20.2 Å². The van der Waals surface area contributed by atoms with E-state index in [0.29, 0.717) is 30.7 Å². The summed E-state index contributed by atoms with van der Waals surface area (Å²) in [6.07, 6.45) is 4.18. The van der Waals surface area contributed by atoms with E-state index in [9.17, 15) is 0 Å². The molecule has 0 radical (unpaired) electrons. The van der Waals surface area contributed by atoms with Crippen LogP contribution in [-0.2, 0) is 4.74 Å². The Bertz CT molecular complexity index is 1210. The molecule has 5 rings (SSSR count). The zero-order valence-corrected chi connectivity index (χ0v) is 18.8. The summed E-state index contributed by atoms with van der Waals surface area (Å²) in [5, 5.41) is 27.2. The van der Waals surface area contributed by atoms with Crippen LogP contribution in [0.1, 0.15) is 19.3 Å². The van der Waals surface area contributed by atoms with Gasteiger partial charge in [0.05, 0.1) is 27.0 Å². The molecule has 10 nitrogen and oxygen atoms in total. The van der Waals surface area contributed by atoms with Crippen LogP contribution < -0.4 is 16.0 Å². The van der Waals surface area contributed by atoms with E-state index in [2.05, 4.69) is 42.2 Å². The van der Waals surface area contributed by atoms with Crippen LogP contribution in [0.3, 0.4) is 0 Å². The lowest BCUT2D eigenvalue weighted by Gasteiger charge is -2.25. The highest BCUT2D eigenvalue weighted by Crippen LogP contribution is 2.32. The molecule has 1 fully saturated rings. The van der Waals surface area contributed by atoms with Gasteiger partial charge in [-0.25, -0.2) is 9.97 Å². The lowest BCUT2D eigenvalue weighted by atomic mass is 10.1. The number of nitrogens with one attached hydrogen (secondary N) is 3. The number of rotatable bonds is 9. The van der Waals surface area contributed by atoms with E-state index in [1.807, 2.05) is 23.7 Å². The maximum Gasteiger partial charge on any atom is 0.315 e. The highest BCUT2D eigenvalue weighted by molar-refractivity contribution is 7.16. The number of pyridine rings is 1. The van der Waals surface area contributed by atoms with Crippen molar-refractivity contribution < 1.29 is 14.3 Å². The molecule has 3 aromatic heterocycles. The molecule has 1 aliphatic rings. The average Bonchev–Trinajstić information content (AvgIpc) is 3.50. The SMILES string of the molecule is OCCCNc1nnc(-c2cnc(Nc3ccc4ncsc4c3)cc2NC2CCOCC2)o1. The van der Waals surface area contributed by atoms with Crippen LogP contribution in [0.5, 0.6) is 0 Å². The van der Waals surface area contributed by atoms with Gasteiger partial charge in [0.15, 0.2) is 0 Å².